The zero-order valence-electron chi connectivity index (χ0n) is 16.4. The summed E-state index contributed by atoms with van der Waals surface area (Å²) in [4.78, 5) is 15.1. The van der Waals surface area contributed by atoms with Gasteiger partial charge in [-0.05, 0) is 31.9 Å². The molecule has 2 aliphatic heterocycles. The summed E-state index contributed by atoms with van der Waals surface area (Å²) in [6, 6.07) is 2.67. The summed E-state index contributed by atoms with van der Waals surface area (Å²) < 4.78 is 44.0. The van der Waals surface area contributed by atoms with E-state index in [1.54, 1.807) is 0 Å². The van der Waals surface area contributed by atoms with Gasteiger partial charge in [0.25, 0.3) is 0 Å². The Hall–Kier alpha value is -2.20. The first-order valence-corrected chi connectivity index (χ1v) is 9.92. The van der Waals surface area contributed by atoms with Gasteiger partial charge in [0.05, 0.1) is 12.1 Å². The van der Waals surface area contributed by atoms with Crippen molar-refractivity contribution in [1.29, 1.82) is 0 Å². The lowest BCUT2D eigenvalue weighted by atomic mass is 10.0. The number of alkyl halides is 3. The minimum Gasteiger partial charge on any atom is -0.354 e. The van der Waals surface area contributed by atoms with Gasteiger partial charge in [-0.15, -0.1) is 0 Å². The highest BCUT2D eigenvalue weighted by atomic mass is 19.4. The molecular formula is C19H25F3N6O. The van der Waals surface area contributed by atoms with Crippen LogP contribution >= 0.6 is 0 Å². The highest BCUT2D eigenvalue weighted by Gasteiger charge is 2.32. The van der Waals surface area contributed by atoms with Crippen LogP contribution < -0.4 is 4.90 Å². The molecule has 29 heavy (non-hydrogen) atoms. The van der Waals surface area contributed by atoms with Crippen molar-refractivity contribution in [1.82, 2.24) is 24.9 Å². The molecule has 0 amide bonds. The number of anilines is 1. The molecule has 158 valence electrons. The molecule has 0 N–H and O–H groups in total. The van der Waals surface area contributed by atoms with Crippen molar-refractivity contribution in [2.75, 3.05) is 44.2 Å². The zero-order chi connectivity index (χ0) is 20.4. The van der Waals surface area contributed by atoms with Crippen LogP contribution in [0.1, 0.15) is 30.1 Å². The first-order chi connectivity index (χ1) is 13.9. The highest BCUT2D eigenvalue weighted by Crippen LogP contribution is 2.31. The summed E-state index contributed by atoms with van der Waals surface area (Å²) in [5.41, 5.74) is -0.645. The maximum atomic E-state index is 12.9. The van der Waals surface area contributed by atoms with Gasteiger partial charge in [0.15, 0.2) is 5.82 Å². The third kappa shape index (κ3) is 4.87. The lowest BCUT2D eigenvalue weighted by Gasteiger charge is -2.43. The molecule has 0 atom stereocenters. The fraction of sp³-hybridized carbons (Fsp3) is 0.632. The zero-order valence-corrected chi connectivity index (χ0v) is 16.4. The minimum absolute atomic E-state index is 0.407. The number of likely N-dealkylation sites (tertiary alicyclic amines) is 1. The number of aromatic nitrogens is 3. The molecule has 2 saturated heterocycles. The lowest BCUT2D eigenvalue weighted by molar-refractivity contribution is -0.137. The van der Waals surface area contributed by atoms with Crippen LogP contribution in [0.5, 0.6) is 0 Å². The van der Waals surface area contributed by atoms with E-state index in [4.69, 9.17) is 4.52 Å². The number of halogens is 3. The molecule has 0 aliphatic carbocycles. The number of pyridine rings is 1. The predicted molar refractivity (Wildman–Crippen MR) is 100 cm³/mol. The predicted octanol–water partition coefficient (Wildman–Crippen LogP) is 2.58. The molecule has 4 rings (SSSR count). The molecule has 2 aromatic rings. The summed E-state index contributed by atoms with van der Waals surface area (Å²) in [7, 11) is 0. The van der Waals surface area contributed by atoms with E-state index in [1.165, 1.54) is 6.20 Å². The summed E-state index contributed by atoms with van der Waals surface area (Å²) in [5.74, 6) is 1.72. The number of nitrogens with zero attached hydrogens (tertiary/aromatic N) is 6. The number of hydrogen-bond acceptors (Lipinski definition) is 7. The van der Waals surface area contributed by atoms with Gasteiger partial charge >= 0.3 is 6.18 Å². The summed E-state index contributed by atoms with van der Waals surface area (Å²) in [5, 5.41) is 3.83. The maximum absolute atomic E-state index is 12.9. The fourth-order valence-electron chi connectivity index (χ4n) is 4.12. The molecule has 10 heteroatoms. The third-order valence-electron chi connectivity index (χ3n) is 5.71. The average molecular weight is 410 g/mol. The summed E-state index contributed by atoms with van der Waals surface area (Å²) >= 11 is 0. The normalized spacial score (nSPS) is 20.3. The van der Waals surface area contributed by atoms with Crippen LogP contribution in [0.4, 0.5) is 19.0 Å². The van der Waals surface area contributed by atoms with Crippen molar-refractivity contribution in [2.45, 2.75) is 38.5 Å². The van der Waals surface area contributed by atoms with Gasteiger partial charge in [-0.2, -0.15) is 18.2 Å². The van der Waals surface area contributed by atoms with Gasteiger partial charge in [-0.1, -0.05) is 5.16 Å². The van der Waals surface area contributed by atoms with E-state index in [0.717, 1.165) is 51.2 Å². The van der Waals surface area contributed by atoms with Gasteiger partial charge in [0.1, 0.15) is 5.82 Å². The van der Waals surface area contributed by atoms with E-state index in [1.807, 2.05) is 11.8 Å². The van der Waals surface area contributed by atoms with Crippen LogP contribution in [-0.4, -0.2) is 70.2 Å². The molecule has 7 nitrogen and oxygen atoms in total. The number of hydrogen-bond donors (Lipinski definition) is 0. The van der Waals surface area contributed by atoms with E-state index in [2.05, 4.69) is 24.9 Å². The molecule has 0 saturated carbocycles. The molecule has 0 radical (unpaired) electrons. The topological polar surface area (TPSA) is 61.5 Å². The van der Waals surface area contributed by atoms with Crippen LogP contribution in [0.3, 0.4) is 0 Å². The van der Waals surface area contributed by atoms with Crippen LogP contribution in [0.15, 0.2) is 22.9 Å². The van der Waals surface area contributed by atoms with Gasteiger partial charge in [-0.3, -0.25) is 9.80 Å². The molecular weight excluding hydrogens is 385 g/mol. The fourth-order valence-corrected chi connectivity index (χ4v) is 4.12. The number of piperidine rings is 1. The quantitative estimate of drug-likeness (QED) is 0.768. The Kier molecular flexibility index (Phi) is 5.73. The van der Waals surface area contributed by atoms with E-state index in [0.29, 0.717) is 43.2 Å². The molecule has 0 unspecified atom stereocenters. The number of piperazine rings is 1. The molecule has 0 spiro atoms. The lowest BCUT2D eigenvalue weighted by Crippen LogP contribution is -2.53. The average Bonchev–Trinajstić information content (AvgIpc) is 3.13. The van der Waals surface area contributed by atoms with Gasteiger partial charge in [-0.25, -0.2) is 4.98 Å². The summed E-state index contributed by atoms with van der Waals surface area (Å²) in [6.45, 7) is 7.50. The SMILES string of the molecule is Cc1noc(CN2CCC(N3CCN(c4cc(C(F)(F)F)ccn4)CC3)CC2)n1. The minimum atomic E-state index is -4.34. The Balaban J connectivity index is 1.26. The second-order valence-electron chi connectivity index (χ2n) is 7.67. The molecule has 0 bridgehead atoms. The second kappa shape index (κ2) is 8.27. The standard InChI is InChI=1S/C19H25F3N6O/c1-14-24-18(29-25-14)13-26-6-3-16(4-7-26)27-8-10-28(11-9-27)17-12-15(2-5-23-17)19(20,21)22/h2,5,12,16H,3-4,6-11,13H2,1H3. The second-order valence-corrected chi connectivity index (χ2v) is 7.67. The van der Waals surface area contributed by atoms with Crippen molar-refractivity contribution < 1.29 is 17.7 Å². The van der Waals surface area contributed by atoms with E-state index < -0.39 is 11.7 Å². The van der Waals surface area contributed by atoms with Gasteiger partial charge < -0.3 is 9.42 Å². The van der Waals surface area contributed by atoms with Crippen molar-refractivity contribution in [3.05, 3.63) is 35.6 Å². The van der Waals surface area contributed by atoms with E-state index >= 15 is 0 Å². The Morgan fingerprint density at radius 2 is 1.83 bits per heavy atom. The van der Waals surface area contributed by atoms with Gasteiger partial charge in [0.2, 0.25) is 5.89 Å². The monoisotopic (exact) mass is 410 g/mol. The van der Waals surface area contributed by atoms with Crippen LogP contribution in [-0.2, 0) is 12.7 Å². The van der Waals surface area contributed by atoms with Crippen LogP contribution in [0.2, 0.25) is 0 Å². The van der Waals surface area contributed by atoms with Crippen molar-refractivity contribution in [3.8, 4) is 0 Å². The maximum Gasteiger partial charge on any atom is 0.416 e. The number of aryl methyl sites for hydroxylation is 1. The smallest absolute Gasteiger partial charge is 0.354 e. The molecule has 2 aromatic heterocycles. The van der Waals surface area contributed by atoms with Crippen molar-refractivity contribution in [3.63, 3.8) is 0 Å². The summed E-state index contributed by atoms with van der Waals surface area (Å²) in [6.07, 6.45) is -0.970. The Morgan fingerprint density at radius 1 is 1.10 bits per heavy atom. The van der Waals surface area contributed by atoms with Crippen LogP contribution in [0, 0.1) is 6.92 Å². The first-order valence-electron chi connectivity index (χ1n) is 9.92. The van der Waals surface area contributed by atoms with Gasteiger partial charge in [0, 0.05) is 51.5 Å². The van der Waals surface area contributed by atoms with E-state index in [-0.39, 0.29) is 0 Å². The third-order valence-corrected chi connectivity index (χ3v) is 5.71. The largest absolute Gasteiger partial charge is 0.416 e. The molecule has 2 aliphatic rings. The Morgan fingerprint density at radius 3 is 2.45 bits per heavy atom. The van der Waals surface area contributed by atoms with E-state index in [9.17, 15) is 13.2 Å². The Labute approximate surface area is 167 Å². The molecule has 0 aromatic carbocycles. The van der Waals surface area contributed by atoms with Crippen molar-refractivity contribution in [2.24, 2.45) is 0 Å². The molecule has 2 fully saturated rings. The highest BCUT2D eigenvalue weighted by molar-refractivity contribution is 5.42. The van der Waals surface area contributed by atoms with Crippen molar-refractivity contribution >= 4 is 5.82 Å². The van der Waals surface area contributed by atoms with Crippen LogP contribution in [0.25, 0.3) is 0 Å². The number of rotatable bonds is 4. The first kappa shape index (κ1) is 20.1. The Bertz CT molecular complexity index is 810. The molecule has 4 heterocycles.